The third-order valence-corrected chi connectivity index (χ3v) is 3.61. The molecule has 2 rings (SSSR count). The summed E-state index contributed by atoms with van der Waals surface area (Å²) in [6.07, 6.45) is 5.04. The summed E-state index contributed by atoms with van der Waals surface area (Å²) in [4.78, 5) is 23.6. The van der Waals surface area contributed by atoms with Crippen molar-refractivity contribution in [1.29, 1.82) is 0 Å². The summed E-state index contributed by atoms with van der Waals surface area (Å²) in [6.45, 7) is 3.73. The molecule has 122 valence electrons. The highest BCUT2D eigenvalue weighted by Gasteiger charge is 2.24. The summed E-state index contributed by atoms with van der Waals surface area (Å²) in [5.74, 6) is -0.992. The Bertz CT molecular complexity index is 667. The first kappa shape index (κ1) is 16.9. The average molecular weight is 318 g/mol. The van der Waals surface area contributed by atoms with Crippen molar-refractivity contribution in [1.82, 2.24) is 9.78 Å². The number of carbonyl (C=O) groups is 2. The number of hydrogen-bond acceptors (Lipinski definition) is 4. The summed E-state index contributed by atoms with van der Waals surface area (Å²) < 4.78 is 19.7. The van der Waals surface area contributed by atoms with Crippen LogP contribution in [-0.2, 0) is 9.59 Å². The Balaban J connectivity index is 2.04. The number of aromatic nitrogens is 2. The third-order valence-electron chi connectivity index (χ3n) is 3.61. The van der Waals surface area contributed by atoms with Crippen molar-refractivity contribution in [3.63, 3.8) is 0 Å². The largest absolute Gasteiger partial charge is 0.426 e. The Morgan fingerprint density at radius 3 is 2.61 bits per heavy atom. The van der Waals surface area contributed by atoms with Gasteiger partial charge in [-0.15, -0.1) is 0 Å². The van der Waals surface area contributed by atoms with Gasteiger partial charge in [0.2, 0.25) is 0 Å². The molecule has 0 amide bonds. The molecule has 2 unspecified atom stereocenters. The number of nitrogens with zero attached hydrogens (tertiary/aromatic N) is 2. The van der Waals surface area contributed by atoms with Gasteiger partial charge in [-0.3, -0.25) is 9.48 Å². The number of halogens is 1. The second-order valence-electron chi connectivity index (χ2n) is 5.42. The molecular weight excluding hydrogens is 299 g/mol. The molecule has 0 fully saturated rings. The Kier molecular flexibility index (Phi) is 5.62. The van der Waals surface area contributed by atoms with Crippen LogP contribution in [0, 0.1) is 18.7 Å². The van der Waals surface area contributed by atoms with Gasteiger partial charge in [-0.05, 0) is 49.6 Å². The van der Waals surface area contributed by atoms with E-state index in [0.717, 1.165) is 11.8 Å². The topological polar surface area (TPSA) is 61.2 Å². The van der Waals surface area contributed by atoms with Crippen LogP contribution in [0.1, 0.15) is 31.4 Å². The molecule has 0 saturated heterocycles. The maximum absolute atomic E-state index is 12.9. The van der Waals surface area contributed by atoms with Gasteiger partial charge in [-0.1, -0.05) is 6.92 Å². The second-order valence-corrected chi connectivity index (χ2v) is 5.42. The first-order valence-corrected chi connectivity index (χ1v) is 7.46. The number of hydrogen-bond donors (Lipinski definition) is 0. The molecule has 0 saturated carbocycles. The highest BCUT2D eigenvalue weighted by Crippen LogP contribution is 2.22. The van der Waals surface area contributed by atoms with Crippen LogP contribution in [0.2, 0.25) is 0 Å². The fourth-order valence-corrected chi connectivity index (χ4v) is 2.26. The maximum atomic E-state index is 12.9. The van der Waals surface area contributed by atoms with Gasteiger partial charge in [0.25, 0.3) is 0 Å². The summed E-state index contributed by atoms with van der Waals surface area (Å²) in [5, 5.41) is 4.12. The lowest BCUT2D eigenvalue weighted by molar-refractivity contribution is -0.139. The second kappa shape index (κ2) is 7.67. The minimum atomic E-state index is -0.519. The van der Waals surface area contributed by atoms with Crippen LogP contribution < -0.4 is 4.74 Å². The van der Waals surface area contributed by atoms with Crippen molar-refractivity contribution in [2.75, 3.05) is 0 Å². The standard InChI is InChI=1S/C17H19FN2O3/c1-3-13(8-15(11-21)20-10-12(2)9-19-20)17(22)23-16-6-4-14(18)5-7-16/h4-7,9-11,13,15H,3,8H2,1-2H3. The fraction of sp³-hybridized carbons (Fsp3) is 0.353. The van der Waals surface area contributed by atoms with Gasteiger partial charge in [-0.25, -0.2) is 4.39 Å². The molecule has 0 aliphatic carbocycles. The van der Waals surface area contributed by atoms with E-state index in [9.17, 15) is 14.0 Å². The van der Waals surface area contributed by atoms with E-state index in [2.05, 4.69) is 5.10 Å². The molecule has 1 heterocycles. The molecule has 23 heavy (non-hydrogen) atoms. The first-order chi connectivity index (χ1) is 11.0. The lowest BCUT2D eigenvalue weighted by Crippen LogP contribution is -2.25. The average Bonchev–Trinajstić information content (AvgIpc) is 2.97. The number of benzene rings is 1. The molecule has 0 N–H and O–H groups in total. The monoisotopic (exact) mass is 318 g/mol. The van der Waals surface area contributed by atoms with E-state index in [0.29, 0.717) is 12.8 Å². The molecule has 1 aromatic carbocycles. The van der Waals surface area contributed by atoms with Gasteiger partial charge in [-0.2, -0.15) is 5.10 Å². The molecule has 6 heteroatoms. The predicted molar refractivity (Wildman–Crippen MR) is 82.5 cm³/mol. The lowest BCUT2D eigenvalue weighted by Gasteiger charge is -2.18. The smallest absolute Gasteiger partial charge is 0.314 e. The van der Waals surface area contributed by atoms with Crippen LogP contribution in [-0.4, -0.2) is 22.0 Å². The first-order valence-electron chi connectivity index (χ1n) is 7.46. The maximum Gasteiger partial charge on any atom is 0.314 e. The van der Waals surface area contributed by atoms with Crippen molar-refractivity contribution in [3.8, 4) is 5.75 Å². The van der Waals surface area contributed by atoms with Crippen LogP contribution >= 0.6 is 0 Å². The number of aldehydes is 1. The SMILES string of the molecule is CCC(CC(C=O)n1cc(C)cn1)C(=O)Oc1ccc(F)cc1. The molecule has 0 spiro atoms. The van der Waals surface area contributed by atoms with E-state index in [-0.39, 0.29) is 5.75 Å². The molecule has 5 nitrogen and oxygen atoms in total. The van der Waals surface area contributed by atoms with Gasteiger partial charge < -0.3 is 9.53 Å². The molecule has 1 aromatic heterocycles. The molecule has 2 aromatic rings. The van der Waals surface area contributed by atoms with Crippen LogP contribution in [0.5, 0.6) is 5.75 Å². The van der Waals surface area contributed by atoms with Crippen molar-refractivity contribution in [2.24, 2.45) is 5.92 Å². The van der Waals surface area contributed by atoms with Gasteiger partial charge >= 0.3 is 5.97 Å². The number of aryl methyl sites for hydroxylation is 1. The minimum absolute atomic E-state index is 0.285. The minimum Gasteiger partial charge on any atom is -0.426 e. The van der Waals surface area contributed by atoms with Crippen LogP contribution in [0.25, 0.3) is 0 Å². The van der Waals surface area contributed by atoms with E-state index in [1.54, 1.807) is 17.1 Å². The Morgan fingerprint density at radius 2 is 2.09 bits per heavy atom. The van der Waals surface area contributed by atoms with E-state index in [4.69, 9.17) is 4.74 Å². The molecule has 2 atom stereocenters. The Morgan fingerprint density at radius 1 is 1.39 bits per heavy atom. The van der Waals surface area contributed by atoms with Crippen LogP contribution in [0.3, 0.4) is 0 Å². The van der Waals surface area contributed by atoms with Crippen molar-refractivity contribution in [3.05, 3.63) is 48.0 Å². The highest BCUT2D eigenvalue weighted by atomic mass is 19.1. The van der Waals surface area contributed by atoms with E-state index < -0.39 is 23.7 Å². The summed E-state index contributed by atoms with van der Waals surface area (Å²) in [6, 6.07) is 4.73. The zero-order valence-electron chi connectivity index (χ0n) is 13.1. The summed E-state index contributed by atoms with van der Waals surface area (Å²) >= 11 is 0. The molecule has 0 bridgehead atoms. The number of esters is 1. The quantitative estimate of drug-likeness (QED) is 0.447. The molecule has 0 aliphatic rings. The molecule has 0 radical (unpaired) electrons. The lowest BCUT2D eigenvalue weighted by atomic mass is 9.98. The summed E-state index contributed by atoms with van der Waals surface area (Å²) in [5.41, 5.74) is 0.943. The number of carbonyl (C=O) groups excluding carboxylic acids is 2. The van der Waals surface area contributed by atoms with Gasteiger partial charge in [0, 0.05) is 6.20 Å². The predicted octanol–water partition coefficient (Wildman–Crippen LogP) is 3.09. The third kappa shape index (κ3) is 4.48. The number of rotatable bonds is 7. The fourth-order valence-electron chi connectivity index (χ4n) is 2.26. The van der Waals surface area contributed by atoms with E-state index >= 15 is 0 Å². The van der Waals surface area contributed by atoms with E-state index in [1.807, 2.05) is 13.8 Å². The zero-order chi connectivity index (χ0) is 16.8. The van der Waals surface area contributed by atoms with Crippen LogP contribution in [0.15, 0.2) is 36.7 Å². The van der Waals surface area contributed by atoms with Crippen LogP contribution in [0.4, 0.5) is 4.39 Å². The Labute approximate surface area is 134 Å². The van der Waals surface area contributed by atoms with E-state index in [1.165, 1.54) is 24.3 Å². The zero-order valence-corrected chi connectivity index (χ0v) is 13.1. The summed E-state index contributed by atoms with van der Waals surface area (Å²) in [7, 11) is 0. The highest BCUT2D eigenvalue weighted by molar-refractivity contribution is 5.75. The van der Waals surface area contributed by atoms with Gasteiger partial charge in [0.1, 0.15) is 23.9 Å². The molecule has 0 aliphatic heterocycles. The normalized spacial score (nSPS) is 13.3. The Hall–Kier alpha value is -2.50. The van der Waals surface area contributed by atoms with Gasteiger partial charge in [0.15, 0.2) is 0 Å². The van der Waals surface area contributed by atoms with Crippen molar-refractivity contribution in [2.45, 2.75) is 32.7 Å². The molecular formula is C17H19FN2O3. The van der Waals surface area contributed by atoms with Gasteiger partial charge in [0.05, 0.1) is 12.1 Å². The number of ether oxygens (including phenoxy) is 1. The van der Waals surface area contributed by atoms with Crippen molar-refractivity contribution < 1.29 is 18.7 Å². The van der Waals surface area contributed by atoms with Crippen molar-refractivity contribution >= 4 is 12.3 Å².